The van der Waals surface area contributed by atoms with Crippen molar-refractivity contribution in [3.8, 4) is 0 Å². The lowest BCUT2D eigenvalue weighted by atomic mass is 10.2. The Morgan fingerprint density at radius 1 is 1.44 bits per heavy atom. The van der Waals surface area contributed by atoms with E-state index < -0.39 is 4.92 Å². The van der Waals surface area contributed by atoms with Crippen LogP contribution in [0.4, 0.5) is 17.3 Å². The molecule has 2 rings (SSSR count). The van der Waals surface area contributed by atoms with Crippen molar-refractivity contribution in [2.45, 2.75) is 26.1 Å². The Kier molecular flexibility index (Phi) is 3.33. The Morgan fingerprint density at radius 2 is 2.06 bits per heavy atom. The molecule has 0 bridgehead atoms. The Labute approximate surface area is 105 Å². The molecule has 0 aliphatic carbocycles. The first-order valence-corrected chi connectivity index (χ1v) is 5.78. The van der Waals surface area contributed by atoms with Crippen LogP contribution in [0, 0.1) is 10.1 Å². The Balaban J connectivity index is 2.29. The molecule has 0 amide bonds. The number of nitrogens with zero attached hydrogens (tertiary/aromatic N) is 3. The number of morpholine rings is 1. The molecule has 7 heteroatoms. The van der Waals surface area contributed by atoms with Crippen molar-refractivity contribution >= 4 is 17.3 Å². The van der Waals surface area contributed by atoms with Gasteiger partial charge in [-0.15, -0.1) is 0 Å². The molecule has 2 unspecified atom stereocenters. The molecular formula is C11H16N4O3. The van der Waals surface area contributed by atoms with Gasteiger partial charge in [-0.2, -0.15) is 0 Å². The van der Waals surface area contributed by atoms with Gasteiger partial charge >= 0.3 is 0 Å². The molecule has 1 aromatic heterocycles. The third-order valence-electron chi connectivity index (χ3n) is 2.77. The summed E-state index contributed by atoms with van der Waals surface area (Å²) in [5.41, 5.74) is 5.56. The predicted octanol–water partition coefficient (Wildman–Crippen LogP) is 1.19. The van der Waals surface area contributed by atoms with Gasteiger partial charge in [0.25, 0.3) is 5.69 Å². The van der Waals surface area contributed by atoms with Crippen LogP contribution < -0.4 is 10.6 Å². The summed E-state index contributed by atoms with van der Waals surface area (Å²) in [5.74, 6) is 0.690. The van der Waals surface area contributed by atoms with Gasteiger partial charge in [0.2, 0.25) is 0 Å². The fraction of sp³-hybridized carbons (Fsp3) is 0.545. The predicted molar refractivity (Wildman–Crippen MR) is 67.5 cm³/mol. The van der Waals surface area contributed by atoms with E-state index in [-0.39, 0.29) is 23.7 Å². The maximum atomic E-state index is 10.8. The lowest BCUT2D eigenvalue weighted by Gasteiger charge is -2.36. The Hall–Kier alpha value is -1.89. The van der Waals surface area contributed by atoms with Crippen molar-refractivity contribution in [3.05, 3.63) is 22.2 Å². The van der Waals surface area contributed by atoms with Gasteiger partial charge in [-0.25, -0.2) is 4.98 Å². The van der Waals surface area contributed by atoms with Crippen molar-refractivity contribution in [2.24, 2.45) is 0 Å². The first-order chi connectivity index (χ1) is 8.45. The zero-order valence-corrected chi connectivity index (χ0v) is 10.4. The van der Waals surface area contributed by atoms with Crippen LogP contribution in [0.3, 0.4) is 0 Å². The van der Waals surface area contributed by atoms with Crippen molar-refractivity contribution in [3.63, 3.8) is 0 Å². The number of ether oxygens (including phenoxy) is 1. The molecule has 1 aliphatic rings. The van der Waals surface area contributed by atoms with E-state index in [1.54, 1.807) is 0 Å². The largest absolute Gasteiger partial charge is 0.383 e. The van der Waals surface area contributed by atoms with E-state index in [0.29, 0.717) is 18.9 Å². The molecule has 2 N–H and O–H groups in total. The van der Waals surface area contributed by atoms with E-state index in [0.717, 1.165) is 0 Å². The maximum absolute atomic E-state index is 10.8. The Morgan fingerprint density at radius 3 is 2.61 bits per heavy atom. The summed E-state index contributed by atoms with van der Waals surface area (Å²) in [7, 11) is 0. The van der Waals surface area contributed by atoms with Gasteiger partial charge in [0.05, 0.1) is 29.3 Å². The number of rotatable bonds is 2. The van der Waals surface area contributed by atoms with Crippen LogP contribution in [0.1, 0.15) is 13.8 Å². The summed E-state index contributed by atoms with van der Waals surface area (Å²) in [5, 5.41) is 10.8. The van der Waals surface area contributed by atoms with Crippen molar-refractivity contribution in [1.29, 1.82) is 0 Å². The lowest BCUT2D eigenvalue weighted by Crippen LogP contribution is -2.45. The highest BCUT2D eigenvalue weighted by Crippen LogP contribution is 2.24. The number of anilines is 2. The Bertz CT molecular complexity index is 456. The second kappa shape index (κ2) is 4.77. The molecular weight excluding hydrogens is 236 g/mol. The number of nitro groups is 1. The minimum absolute atomic E-state index is 0.0377. The zero-order chi connectivity index (χ0) is 13.3. The molecule has 2 heterocycles. The summed E-state index contributed by atoms with van der Waals surface area (Å²) >= 11 is 0. The molecule has 0 saturated carbocycles. The molecule has 0 radical (unpaired) electrons. The van der Waals surface area contributed by atoms with E-state index in [1.165, 1.54) is 12.1 Å². The second-order valence-electron chi connectivity index (χ2n) is 4.53. The summed E-state index contributed by atoms with van der Waals surface area (Å²) in [6.45, 7) is 5.22. The molecule has 1 aliphatic heterocycles. The van der Waals surface area contributed by atoms with E-state index in [1.807, 2.05) is 18.7 Å². The van der Waals surface area contributed by atoms with Gasteiger partial charge in [-0.3, -0.25) is 10.1 Å². The van der Waals surface area contributed by atoms with Gasteiger partial charge in [0, 0.05) is 13.1 Å². The minimum atomic E-state index is -0.463. The monoisotopic (exact) mass is 252 g/mol. The fourth-order valence-electron chi connectivity index (χ4n) is 2.15. The van der Waals surface area contributed by atoms with Crippen LogP contribution >= 0.6 is 0 Å². The SMILES string of the molecule is CC1CN(c2cc([N+](=O)[O-])cc(N)n2)CC(C)O1. The van der Waals surface area contributed by atoms with Gasteiger partial charge in [0.15, 0.2) is 0 Å². The van der Waals surface area contributed by atoms with Crippen LogP contribution in [-0.4, -0.2) is 35.2 Å². The summed E-state index contributed by atoms with van der Waals surface area (Å²) in [6.07, 6.45) is 0.132. The van der Waals surface area contributed by atoms with Crippen molar-refractivity contribution in [1.82, 2.24) is 4.98 Å². The number of aromatic nitrogens is 1. The molecule has 98 valence electrons. The lowest BCUT2D eigenvalue weighted by molar-refractivity contribution is -0.384. The quantitative estimate of drug-likeness (QED) is 0.627. The van der Waals surface area contributed by atoms with Gasteiger partial charge in [0.1, 0.15) is 11.6 Å². The number of pyridine rings is 1. The highest BCUT2D eigenvalue weighted by molar-refractivity contribution is 5.54. The topological polar surface area (TPSA) is 94.5 Å². The molecule has 7 nitrogen and oxygen atoms in total. The molecule has 0 spiro atoms. The van der Waals surface area contributed by atoms with Gasteiger partial charge in [-0.1, -0.05) is 0 Å². The van der Waals surface area contributed by atoms with E-state index >= 15 is 0 Å². The van der Waals surface area contributed by atoms with Gasteiger partial charge < -0.3 is 15.4 Å². The highest BCUT2D eigenvalue weighted by atomic mass is 16.6. The molecule has 18 heavy (non-hydrogen) atoms. The van der Waals surface area contributed by atoms with Crippen molar-refractivity contribution < 1.29 is 9.66 Å². The summed E-state index contributed by atoms with van der Waals surface area (Å²) in [6, 6.07) is 2.71. The average molecular weight is 252 g/mol. The summed E-state index contributed by atoms with van der Waals surface area (Å²) < 4.78 is 5.61. The number of hydrogen-bond donors (Lipinski definition) is 1. The number of nitrogens with two attached hydrogens (primary N) is 1. The van der Waals surface area contributed by atoms with Crippen LogP contribution in [0.5, 0.6) is 0 Å². The first kappa shape index (κ1) is 12.6. The smallest absolute Gasteiger partial charge is 0.276 e. The van der Waals surface area contributed by atoms with E-state index in [2.05, 4.69) is 4.98 Å². The molecule has 2 atom stereocenters. The molecule has 1 saturated heterocycles. The van der Waals surface area contributed by atoms with Crippen LogP contribution in [-0.2, 0) is 4.74 Å². The highest BCUT2D eigenvalue weighted by Gasteiger charge is 2.24. The standard InChI is InChI=1S/C11H16N4O3/c1-7-5-14(6-8(2)18-7)11-4-9(15(16)17)3-10(12)13-11/h3-4,7-8H,5-6H2,1-2H3,(H2,12,13). The average Bonchev–Trinajstić information content (AvgIpc) is 2.26. The van der Waals surface area contributed by atoms with Crippen LogP contribution in [0.25, 0.3) is 0 Å². The normalized spacial score (nSPS) is 24.0. The third-order valence-corrected chi connectivity index (χ3v) is 2.77. The van der Waals surface area contributed by atoms with E-state index in [9.17, 15) is 10.1 Å². The van der Waals surface area contributed by atoms with Crippen molar-refractivity contribution in [2.75, 3.05) is 23.7 Å². The number of hydrogen-bond acceptors (Lipinski definition) is 6. The maximum Gasteiger partial charge on any atom is 0.276 e. The van der Waals surface area contributed by atoms with E-state index in [4.69, 9.17) is 10.5 Å². The first-order valence-electron chi connectivity index (χ1n) is 5.78. The third kappa shape index (κ3) is 2.67. The second-order valence-corrected chi connectivity index (χ2v) is 4.53. The zero-order valence-electron chi connectivity index (χ0n) is 10.4. The fourth-order valence-corrected chi connectivity index (χ4v) is 2.15. The molecule has 0 aromatic carbocycles. The van der Waals surface area contributed by atoms with Gasteiger partial charge in [-0.05, 0) is 13.8 Å². The molecule has 1 aromatic rings. The number of nitrogen functional groups attached to an aromatic ring is 1. The van der Waals surface area contributed by atoms with Crippen LogP contribution in [0.15, 0.2) is 12.1 Å². The molecule has 1 fully saturated rings. The minimum Gasteiger partial charge on any atom is -0.383 e. The summed E-state index contributed by atoms with van der Waals surface area (Å²) in [4.78, 5) is 16.4. The van der Waals surface area contributed by atoms with Crippen LogP contribution in [0.2, 0.25) is 0 Å².